The van der Waals surface area contributed by atoms with Crippen molar-refractivity contribution in [3.63, 3.8) is 0 Å². The topological polar surface area (TPSA) is 35.8 Å². The fourth-order valence-electron chi connectivity index (χ4n) is 3.43. The molecule has 0 aliphatic carbocycles. The Bertz CT molecular complexity index is 336. The van der Waals surface area contributed by atoms with Crippen LogP contribution in [0.2, 0.25) is 0 Å². The average Bonchev–Trinajstić information content (AvgIpc) is 2.90. The SMILES string of the molecule is CCCCCCCCCCCCCCCC(O)C1=NC(Cl)CN1C. The van der Waals surface area contributed by atoms with Gasteiger partial charge >= 0.3 is 0 Å². The number of aliphatic imine (C=N–C) groups is 1. The minimum absolute atomic E-state index is 0.189. The van der Waals surface area contributed by atoms with Crippen molar-refractivity contribution in [1.29, 1.82) is 0 Å². The standard InChI is InChI=1S/C20H39ClN2O/c1-3-4-5-6-7-8-9-10-11-12-13-14-15-16-18(24)20-22-19(21)17-23(20)2/h18-19,24H,3-17H2,1-2H3. The molecule has 1 rings (SSSR count). The van der Waals surface area contributed by atoms with Crippen LogP contribution in [0.1, 0.15) is 96.8 Å². The largest absolute Gasteiger partial charge is 0.385 e. The summed E-state index contributed by atoms with van der Waals surface area (Å²) in [6.07, 6.45) is 18.0. The van der Waals surface area contributed by atoms with Crippen molar-refractivity contribution in [2.45, 2.75) is 108 Å². The first-order valence-electron chi connectivity index (χ1n) is 10.3. The van der Waals surface area contributed by atoms with E-state index in [2.05, 4.69) is 11.9 Å². The van der Waals surface area contributed by atoms with E-state index in [4.69, 9.17) is 11.6 Å². The van der Waals surface area contributed by atoms with Gasteiger partial charge in [0.25, 0.3) is 0 Å². The summed E-state index contributed by atoms with van der Waals surface area (Å²) in [6, 6.07) is 0. The second-order valence-corrected chi connectivity index (χ2v) is 7.85. The normalized spacial score (nSPS) is 18.9. The maximum atomic E-state index is 10.2. The van der Waals surface area contributed by atoms with Crippen molar-refractivity contribution in [3.8, 4) is 0 Å². The number of rotatable bonds is 15. The monoisotopic (exact) mass is 358 g/mol. The van der Waals surface area contributed by atoms with Crippen LogP contribution in [0, 0.1) is 0 Å². The maximum Gasteiger partial charge on any atom is 0.143 e. The maximum absolute atomic E-state index is 10.2. The Morgan fingerprint density at radius 3 is 1.83 bits per heavy atom. The van der Waals surface area contributed by atoms with E-state index in [-0.39, 0.29) is 5.50 Å². The molecule has 1 aliphatic rings. The summed E-state index contributed by atoms with van der Waals surface area (Å²) >= 11 is 5.99. The van der Waals surface area contributed by atoms with Crippen molar-refractivity contribution >= 4 is 17.4 Å². The number of aliphatic hydroxyl groups is 1. The zero-order valence-electron chi connectivity index (χ0n) is 16.0. The molecule has 0 amide bonds. The predicted octanol–water partition coefficient (Wildman–Crippen LogP) is 5.74. The number of hydrogen-bond donors (Lipinski definition) is 1. The summed E-state index contributed by atoms with van der Waals surface area (Å²) in [6.45, 7) is 2.99. The van der Waals surface area contributed by atoms with Gasteiger partial charge in [0.1, 0.15) is 17.4 Å². The number of hydrogen-bond acceptors (Lipinski definition) is 3. The first-order valence-corrected chi connectivity index (χ1v) is 10.7. The van der Waals surface area contributed by atoms with Crippen LogP contribution in [0.25, 0.3) is 0 Å². The van der Waals surface area contributed by atoms with E-state index in [9.17, 15) is 5.11 Å². The molecule has 1 N–H and O–H groups in total. The number of unbranched alkanes of at least 4 members (excludes halogenated alkanes) is 12. The first-order chi connectivity index (χ1) is 11.6. The van der Waals surface area contributed by atoms with Crippen molar-refractivity contribution in [1.82, 2.24) is 4.90 Å². The van der Waals surface area contributed by atoms with Crippen molar-refractivity contribution in [2.75, 3.05) is 13.6 Å². The van der Waals surface area contributed by atoms with E-state index in [0.29, 0.717) is 6.54 Å². The van der Waals surface area contributed by atoms with Crippen LogP contribution in [-0.4, -0.2) is 41.0 Å². The number of alkyl halides is 1. The molecule has 1 aliphatic heterocycles. The summed E-state index contributed by atoms with van der Waals surface area (Å²) in [7, 11) is 1.95. The highest BCUT2D eigenvalue weighted by Gasteiger charge is 2.25. The van der Waals surface area contributed by atoms with Crippen LogP contribution >= 0.6 is 11.6 Å². The van der Waals surface area contributed by atoms with Gasteiger partial charge in [-0.05, 0) is 6.42 Å². The Morgan fingerprint density at radius 2 is 1.42 bits per heavy atom. The van der Waals surface area contributed by atoms with Crippen LogP contribution in [0.15, 0.2) is 4.99 Å². The van der Waals surface area contributed by atoms with Gasteiger partial charge in [-0.15, -0.1) is 0 Å². The van der Waals surface area contributed by atoms with Crippen LogP contribution in [0.5, 0.6) is 0 Å². The first kappa shape index (κ1) is 21.8. The minimum atomic E-state index is -0.438. The van der Waals surface area contributed by atoms with Crippen LogP contribution in [0.4, 0.5) is 0 Å². The number of amidine groups is 1. The number of aliphatic hydroxyl groups excluding tert-OH is 1. The van der Waals surface area contributed by atoms with Gasteiger partial charge in [0, 0.05) is 7.05 Å². The molecule has 142 valence electrons. The highest BCUT2D eigenvalue weighted by molar-refractivity contribution is 6.22. The van der Waals surface area contributed by atoms with E-state index < -0.39 is 6.10 Å². The summed E-state index contributed by atoms with van der Waals surface area (Å²) in [5.41, 5.74) is -0.189. The Balaban J connectivity index is 1.85. The van der Waals surface area contributed by atoms with Gasteiger partial charge in [0.15, 0.2) is 0 Å². The Labute approximate surface area is 154 Å². The summed E-state index contributed by atoms with van der Waals surface area (Å²) in [5.74, 6) is 0.772. The summed E-state index contributed by atoms with van der Waals surface area (Å²) < 4.78 is 0. The molecular formula is C20H39ClN2O. The number of likely N-dealkylation sites (N-methyl/N-ethyl adjacent to an activating group) is 1. The van der Waals surface area contributed by atoms with E-state index >= 15 is 0 Å². The Hall–Kier alpha value is -0.280. The van der Waals surface area contributed by atoms with Gasteiger partial charge in [-0.2, -0.15) is 0 Å². The lowest BCUT2D eigenvalue weighted by molar-refractivity contribution is 0.213. The second kappa shape index (κ2) is 13.9. The summed E-state index contributed by atoms with van der Waals surface area (Å²) in [4.78, 5) is 6.28. The average molecular weight is 359 g/mol. The van der Waals surface area contributed by atoms with E-state index in [1.54, 1.807) is 0 Å². The second-order valence-electron chi connectivity index (χ2n) is 7.35. The molecular weight excluding hydrogens is 320 g/mol. The van der Waals surface area contributed by atoms with Crippen LogP contribution in [-0.2, 0) is 0 Å². The molecule has 0 saturated heterocycles. The quantitative estimate of drug-likeness (QED) is 0.230. The molecule has 0 bridgehead atoms. The van der Waals surface area contributed by atoms with Gasteiger partial charge < -0.3 is 10.0 Å². The Morgan fingerprint density at radius 1 is 0.958 bits per heavy atom. The van der Waals surface area contributed by atoms with Gasteiger partial charge in [-0.1, -0.05) is 102 Å². The lowest BCUT2D eigenvalue weighted by Crippen LogP contribution is -2.33. The summed E-state index contributed by atoms with van der Waals surface area (Å²) in [5, 5.41) is 10.2. The van der Waals surface area contributed by atoms with Gasteiger partial charge in [-0.3, -0.25) is 0 Å². The lowest BCUT2D eigenvalue weighted by atomic mass is 10.0. The molecule has 24 heavy (non-hydrogen) atoms. The highest BCUT2D eigenvalue weighted by Crippen LogP contribution is 2.17. The molecule has 0 aromatic heterocycles. The van der Waals surface area contributed by atoms with Gasteiger partial charge in [0.05, 0.1) is 6.54 Å². The predicted molar refractivity (Wildman–Crippen MR) is 106 cm³/mol. The smallest absolute Gasteiger partial charge is 0.143 e. The zero-order chi connectivity index (χ0) is 17.6. The van der Waals surface area contributed by atoms with Crippen molar-refractivity contribution in [2.24, 2.45) is 4.99 Å². The molecule has 0 fully saturated rings. The van der Waals surface area contributed by atoms with Gasteiger partial charge in [-0.25, -0.2) is 4.99 Å². The third-order valence-electron chi connectivity index (χ3n) is 4.97. The molecule has 0 aromatic carbocycles. The van der Waals surface area contributed by atoms with Crippen LogP contribution < -0.4 is 0 Å². The number of nitrogens with zero attached hydrogens (tertiary/aromatic N) is 2. The highest BCUT2D eigenvalue weighted by atomic mass is 35.5. The molecule has 0 saturated carbocycles. The molecule has 2 atom stereocenters. The fraction of sp³-hybridized carbons (Fsp3) is 0.950. The third kappa shape index (κ3) is 9.88. The van der Waals surface area contributed by atoms with Gasteiger partial charge in [0.2, 0.25) is 0 Å². The lowest BCUT2D eigenvalue weighted by Gasteiger charge is -2.18. The van der Waals surface area contributed by atoms with E-state index in [0.717, 1.165) is 18.7 Å². The number of halogens is 1. The molecule has 0 aromatic rings. The molecule has 3 nitrogen and oxygen atoms in total. The fourth-order valence-corrected chi connectivity index (χ4v) is 3.73. The zero-order valence-corrected chi connectivity index (χ0v) is 16.7. The molecule has 2 unspecified atom stereocenters. The third-order valence-corrected chi connectivity index (χ3v) is 5.20. The minimum Gasteiger partial charge on any atom is -0.385 e. The van der Waals surface area contributed by atoms with Crippen LogP contribution in [0.3, 0.4) is 0 Å². The molecule has 0 spiro atoms. The van der Waals surface area contributed by atoms with E-state index in [1.807, 2.05) is 11.9 Å². The van der Waals surface area contributed by atoms with Crippen molar-refractivity contribution in [3.05, 3.63) is 0 Å². The molecule has 0 radical (unpaired) electrons. The van der Waals surface area contributed by atoms with Crippen molar-refractivity contribution < 1.29 is 5.11 Å². The molecule has 1 heterocycles. The molecule has 4 heteroatoms. The van der Waals surface area contributed by atoms with E-state index in [1.165, 1.54) is 77.0 Å². The Kier molecular flexibility index (Phi) is 12.6.